The minimum atomic E-state index is -2.44. The number of carbonyl (C=O) groups excluding carboxylic acids is 1. The van der Waals surface area contributed by atoms with Crippen molar-refractivity contribution < 1.29 is 13.6 Å². The predicted molar refractivity (Wildman–Crippen MR) is 72.5 cm³/mol. The van der Waals surface area contributed by atoms with Gasteiger partial charge in [0.2, 0.25) is 5.91 Å². The Bertz CT molecular complexity index is 450. The van der Waals surface area contributed by atoms with E-state index in [0.29, 0.717) is 13.1 Å². The van der Waals surface area contributed by atoms with Gasteiger partial charge < -0.3 is 10.6 Å². The molecule has 20 heavy (non-hydrogen) atoms. The SMILES string of the molecule is CNC(=O)C1CNCCN1Cc1ccc(C(F)F)cc1. The normalized spacial score (nSPS) is 20.1. The lowest BCUT2D eigenvalue weighted by Gasteiger charge is -2.34. The second-order valence-corrected chi connectivity index (χ2v) is 4.85. The topological polar surface area (TPSA) is 44.4 Å². The maximum absolute atomic E-state index is 12.5. The number of piperazine rings is 1. The van der Waals surface area contributed by atoms with E-state index in [-0.39, 0.29) is 17.5 Å². The van der Waals surface area contributed by atoms with E-state index in [4.69, 9.17) is 0 Å². The van der Waals surface area contributed by atoms with Crippen molar-refractivity contribution in [2.24, 2.45) is 0 Å². The van der Waals surface area contributed by atoms with E-state index in [0.717, 1.165) is 18.7 Å². The standard InChI is InChI=1S/C14H19F2N3O/c1-17-14(20)12-8-18-6-7-19(12)9-10-2-4-11(5-3-10)13(15)16/h2-5,12-13,18H,6-9H2,1H3,(H,17,20). The summed E-state index contributed by atoms with van der Waals surface area (Å²) in [6.45, 7) is 2.77. The smallest absolute Gasteiger partial charge is 0.263 e. The maximum atomic E-state index is 12.5. The summed E-state index contributed by atoms with van der Waals surface area (Å²) in [5.41, 5.74) is 0.960. The Morgan fingerprint density at radius 1 is 1.45 bits per heavy atom. The van der Waals surface area contributed by atoms with Gasteiger partial charge in [-0.3, -0.25) is 9.69 Å². The molecule has 0 aromatic heterocycles. The van der Waals surface area contributed by atoms with Gasteiger partial charge in [0.1, 0.15) is 6.04 Å². The van der Waals surface area contributed by atoms with Crippen molar-refractivity contribution >= 4 is 5.91 Å². The van der Waals surface area contributed by atoms with Crippen LogP contribution in [0.25, 0.3) is 0 Å². The van der Waals surface area contributed by atoms with Gasteiger partial charge in [-0.1, -0.05) is 24.3 Å². The molecular formula is C14H19F2N3O. The average Bonchev–Trinajstić information content (AvgIpc) is 2.47. The van der Waals surface area contributed by atoms with Gasteiger partial charge in [0.15, 0.2) is 0 Å². The summed E-state index contributed by atoms with van der Waals surface area (Å²) in [6.07, 6.45) is -2.44. The summed E-state index contributed by atoms with van der Waals surface area (Å²) in [5, 5.41) is 5.84. The summed E-state index contributed by atoms with van der Waals surface area (Å²) in [7, 11) is 1.62. The molecule has 4 nitrogen and oxygen atoms in total. The molecule has 1 unspecified atom stereocenters. The van der Waals surface area contributed by atoms with E-state index < -0.39 is 6.43 Å². The molecule has 1 amide bonds. The van der Waals surface area contributed by atoms with Gasteiger partial charge in [-0.15, -0.1) is 0 Å². The second kappa shape index (κ2) is 6.76. The largest absolute Gasteiger partial charge is 0.358 e. The molecule has 2 rings (SSSR count). The monoisotopic (exact) mass is 283 g/mol. The number of nitrogens with one attached hydrogen (secondary N) is 2. The van der Waals surface area contributed by atoms with Gasteiger partial charge in [0.05, 0.1) is 0 Å². The molecule has 1 aliphatic rings. The van der Waals surface area contributed by atoms with Crippen LogP contribution in [0.5, 0.6) is 0 Å². The highest BCUT2D eigenvalue weighted by Crippen LogP contribution is 2.19. The molecule has 0 saturated carbocycles. The summed E-state index contributed by atoms with van der Waals surface area (Å²) >= 11 is 0. The van der Waals surface area contributed by atoms with Crippen LogP contribution in [0.3, 0.4) is 0 Å². The first kappa shape index (κ1) is 14.9. The van der Waals surface area contributed by atoms with Gasteiger partial charge in [0, 0.05) is 38.8 Å². The summed E-state index contributed by atoms with van der Waals surface area (Å²) in [4.78, 5) is 13.9. The molecule has 1 fully saturated rings. The Hall–Kier alpha value is -1.53. The zero-order valence-electron chi connectivity index (χ0n) is 11.4. The first-order valence-corrected chi connectivity index (χ1v) is 6.65. The van der Waals surface area contributed by atoms with Crippen molar-refractivity contribution in [3.05, 3.63) is 35.4 Å². The number of benzene rings is 1. The van der Waals surface area contributed by atoms with Gasteiger partial charge in [-0.2, -0.15) is 0 Å². The molecule has 1 aliphatic heterocycles. The molecule has 110 valence electrons. The van der Waals surface area contributed by atoms with E-state index >= 15 is 0 Å². The number of alkyl halides is 2. The predicted octanol–water partition coefficient (Wildman–Crippen LogP) is 1.14. The number of amides is 1. The van der Waals surface area contributed by atoms with Crippen LogP contribution >= 0.6 is 0 Å². The number of carbonyl (C=O) groups is 1. The van der Waals surface area contributed by atoms with Crippen LogP contribution in [-0.4, -0.2) is 43.5 Å². The van der Waals surface area contributed by atoms with E-state index in [1.54, 1.807) is 19.2 Å². The van der Waals surface area contributed by atoms with E-state index in [1.807, 2.05) is 0 Å². The van der Waals surface area contributed by atoms with Gasteiger partial charge in [0.25, 0.3) is 6.43 Å². The lowest BCUT2D eigenvalue weighted by molar-refractivity contribution is -0.126. The number of nitrogens with zero attached hydrogens (tertiary/aromatic N) is 1. The molecule has 0 spiro atoms. The van der Waals surface area contributed by atoms with Crippen molar-refractivity contribution in [3.63, 3.8) is 0 Å². The molecule has 1 saturated heterocycles. The molecular weight excluding hydrogens is 264 g/mol. The highest BCUT2D eigenvalue weighted by atomic mass is 19.3. The van der Waals surface area contributed by atoms with Crippen LogP contribution in [0.1, 0.15) is 17.6 Å². The number of hydrogen-bond acceptors (Lipinski definition) is 3. The summed E-state index contributed by atoms with van der Waals surface area (Å²) in [6, 6.07) is 6.06. The zero-order chi connectivity index (χ0) is 14.5. The highest BCUT2D eigenvalue weighted by Gasteiger charge is 2.27. The molecule has 1 aromatic rings. The number of halogens is 2. The minimum Gasteiger partial charge on any atom is -0.358 e. The highest BCUT2D eigenvalue weighted by molar-refractivity contribution is 5.81. The van der Waals surface area contributed by atoms with E-state index in [2.05, 4.69) is 15.5 Å². The minimum absolute atomic E-state index is 0.0249. The molecule has 1 heterocycles. The van der Waals surface area contributed by atoms with E-state index in [9.17, 15) is 13.6 Å². The van der Waals surface area contributed by atoms with Crippen molar-refractivity contribution in [1.29, 1.82) is 0 Å². The van der Waals surface area contributed by atoms with Crippen LogP contribution in [0.2, 0.25) is 0 Å². The number of hydrogen-bond donors (Lipinski definition) is 2. The van der Waals surface area contributed by atoms with Crippen LogP contribution in [0.15, 0.2) is 24.3 Å². The molecule has 1 aromatic carbocycles. The Kier molecular flexibility index (Phi) is 5.03. The Morgan fingerprint density at radius 3 is 2.75 bits per heavy atom. The molecule has 0 radical (unpaired) electrons. The Morgan fingerprint density at radius 2 is 2.15 bits per heavy atom. The molecule has 2 N–H and O–H groups in total. The fourth-order valence-electron chi connectivity index (χ4n) is 2.36. The average molecular weight is 283 g/mol. The van der Waals surface area contributed by atoms with Gasteiger partial charge in [-0.25, -0.2) is 8.78 Å². The zero-order valence-corrected chi connectivity index (χ0v) is 11.4. The molecule has 1 atom stereocenters. The Labute approximate surface area is 117 Å². The van der Waals surface area contributed by atoms with Crippen molar-refractivity contribution in [1.82, 2.24) is 15.5 Å². The third-order valence-corrected chi connectivity index (χ3v) is 3.52. The van der Waals surface area contributed by atoms with Crippen LogP contribution < -0.4 is 10.6 Å². The van der Waals surface area contributed by atoms with Crippen LogP contribution in [0, 0.1) is 0 Å². The number of rotatable bonds is 4. The molecule has 6 heteroatoms. The first-order chi connectivity index (χ1) is 9.61. The lowest BCUT2D eigenvalue weighted by Crippen LogP contribution is -2.56. The molecule has 0 bridgehead atoms. The fourth-order valence-corrected chi connectivity index (χ4v) is 2.36. The van der Waals surface area contributed by atoms with Gasteiger partial charge >= 0.3 is 0 Å². The van der Waals surface area contributed by atoms with Crippen LogP contribution in [0.4, 0.5) is 8.78 Å². The first-order valence-electron chi connectivity index (χ1n) is 6.65. The third-order valence-electron chi connectivity index (χ3n) is 3.52. The summed E-state index contributed by atoms with van der Waals surface area (Å²) in [5.74, 6) is -0.0265. The lowest BCUT2D eigenvalue weighted by atomic mass is 10.1. The fraction of sp³-hybridized carbons (Fsp3) is 0.500. The number of likely N-dealkylation sites (N-methyl/N-ethyl adjacent to an activating group) is 1. The van der Waals surface area contributed by atoms with Crippen molar-refractivity contribution in [2.75, 3.05) is 26.7 Å². The van der Waals surface area contributed by atoms with E-state index in [1.165, 1.54) is 12.1 Å². The second-order valence-electron chi connectivity index (χ2n) is 4.85. The third kappa shape index (κ3) is 3.52. The Balaban J connectivity index is 2.04. The van der Waals surface area contributed by atoms with Gasteiger partial charge in [-0.05, 0) is 5.56 Å². The molecule has 0 aliphatic carbocycles. The quantitative estimate of drug-likeness (QED) is 0.871. The summed E-state index contributed by atoms with van der Waals surface area (Å²) < 4.78 is 25.0. The maximum Gasteiger partial charge on any atom is 0.263 e. The van der Waals surface area contributed by atoms with Crippen molar-refractivity contribution in [2.45, 2.75) is 19.0 Å². The van der Waals surface area contributed by atoms with Crippen molar-refractivity contribution in [3.8, 4) is 0 Å². The van der Waals surface area contributed by atoms with Crippen LogP contribution in [-0.2, 0) is 11.3 Å².